The van der Waals surface area contributed by atoms with Gasteiger partial charge < -0.3 is 14.6 Å². The van der Waals surface area contributed by atoms with Crippen molar-refractivity contribution in [3.63, 3.8) is 0 Å². The highest BCUT2D eigenvalue weighted by atomic mass is 19.4. The number of hydrogen-bond donors (Lipinski definition) is 1. The summed E-state index contributed by atoms with van der Waals surface area (Å²) < 4.78 is 51.0. The number of halogens is 3. The molecule has 0 heterocycles. The van der Waals surface area contributed by atoms with Crippen molar-refractivity contribution in [3.8, 4) is 11.5 Å². The Bertz CT molecular complexity index is 935. The molecule has 2 aromatic rings. The SMILES string of the molecule is Cc1cc(OCC[C@H](C)Oc2ccc(C(F)(F)F)cc2CC2CC2)ccc1CCC(=O)O. The van der Waals surface area contributed by atoms with Crippen molar-refractivity contribution in [1.29, 1.82) is 0 Å². The summed E-state index contributed by atoms with van der Waals surface area (Å²) in [5.41, 5.74) is 1.92. The first-order valence-corrected chi connectivity index (χ1v) is 10.9. The van der Waals surface area contributed by atoms with E-state index < -0.39 is 17.7 Å². The average Bonchev–Trinajstić information content (AvgIpc) is 3.52. The van der Waals surface area contributed by atoms with Crippen LogP contribution in [0.2, 0.25) is 0 Å². The van der Waals surface area contributed by atoms with E-state index in [9.17, 15) is 18.0 Å². The van der Waals surface area contributed by atoms with Crippen molar-refractivity contribution < 1.29 is 32.5 Å². The lowest BCUT2D eigenvalue weighted by molar-refractivity contribution is -0.138. The third-order valence-electron chi connectivity index (χ3n) is 5.64. The molecular formula is C25H29F3O4. The van der Waals surface area contributed by atoms with E-state index in [0.29, 0.717) is 48.8 Å². The molecule has 0 spiro atoms. The van der Waals surface area contributed by atoms with Crippen LogP contribution in [0.15, 0.2) is 36.4 Å². The van der Waals surface area contributed by atoms with Crippen molar-refractivity contribution in [2.75, 3.05) is 6.61 Å². The van der Waals surface area contributed by atoms with E-state index in [1.807, 2.05) is 32.0 Å². The zero-order valence-electron chi connectivity index (χ0n) is 18.4. The van der Waals surface area contributed by atoms with Crippen LogP contribution in [0.3, 0.4) is 0 Å². The van der Waals surface area contributed by atoms with Crippen LogP contribution in [0.25, 0.3) is 0 Å². The van der Waals surface area contributed by atoms with Crippen molar-refractivity contribution in [3.05, 3.63) is 58.7 Å². The zero-order valence-corrected chi connectivity index (χ0v) is 18.4. The minimum Gasteiger partial charge on any atom is -0.493 e. The van der Waals surface area contributed by atoms with Crippen LogP contribution in [0.4, 0.5) is 13.2 Å². The molecule has 4 nitrogen and oxygen atoms in total. The first kappa shape index (κ1) is 24.0. The standard InChI is InChI=1S/C25H29F3O4/c1-16-13-22(8-5-19(16)6-10-24(29)30)31-12-11-17(2)32-23-9-7-21(25(26,27)28)15-20(23)14-18-3-4-18/h5,7-9,13,15,17-18H,3-4,6,10-12,14H2,1-2H3,(H,29,30)/t17-/m0/s1. The average molecular weight is 450 g/mol. The van der Waals surface area contributed by atoms with Crippen LogP contribution in [0.5, 0.6) is 11.5 Å². The lowest BCUT2D eigenvalue weighted by Gasteiger charge is -2.19. The highest BCUT2D eigenvalue weighted by molar-refractivity contribution is 5.67. The van der Waals surface area contributed by atoms with Crippen LogP contribution in [-0.4, -0.2) is 23.8 Å². The van der Waals surface area contributed by atoms with Crippen molar-refractivity contribution in [1.82, 2.24) is 0 Å². The number of alkyl halides is 3. The zero-order chi connectivity index (χ0) is 23.3. The number of carboxylic acids is 1. The van der Waals surface area contributed by atoms with Gasteiger partial charge in [0.2, 0.25) is 0 Å². The maximum Gasteiger partial charge on any atom is 0.416 e. The maximum absolute atomic E-state index is 13.1. The summed E-state index contributed by atoms with van der Waals surface area (Å²) in [6.07, 6.45) is -0.746. The van der Waals surface area contributed by atoms with Crippen molar-refractivity contribution >= 4 is 5.97 Å². The van der Waals surface area contributed by atoms with Crippen LogP contribution in [-0.2, 0) is 23.8 Å². The lowest BCUT2D eigenvalue weighted by Crippen LogP contribution is -2.17. The van der Waals surface area contributed by atoms with Crippen molar-refractivity contribution in [2.24, 2.45) is 5.92 Å². The molecule has 1 aliphatic carbocycles. The minimum absolute atomic E-state index is 0.0859. The highest BCUT2D eigenvalue weighted by Gasteiger charge is 2.32. The predicted octanol–water partition coefficient (Wildman–Crippen LogP) is 6.22. The first-order chi connectivity index (χ1) is 15.1. The Balaban J connectivity index is 1.54. The fourth-order valence-corrected chi connectivity index (χ4v) is 3.56. The molecule has 0 aromatic heterocycles. The lowest BCUT2D eigenvalue weighted by atomic mass is 10.0. The Hall–Kier alpha value is -2.70. The molecule has 0 aliphatic heterocycles. The second-order valence-electron chi connectivity index (χ2n) is 8.52. The molecule has 1 saturated carbocycles. The molecule has 0 radical (unpaired) electrons. The summed E-state index contributed by atoms with van der Waals surface area (Å²) in [6.45, 7) is 4.19. The number of carboxylic acid groups (broad SMARTS) is 1. The van der Waals surface area contributed by atoms with Gasteiger partial charge in [0.25, 0.3) is 0 Å². The van der Waals surface area contributed by atoms with Crippen molar-refractivity contribution in [2.45, 2.75) is 64.7 Å². The van der Waals surface area contributed by atoms with Crippen LogP contribution < -0.4 is 9.47 Å². The predicted molar refractivity (Wildman–Crippen MR) is 115 cm³/mol. The van der Waals surface area contributed by atoms with Gasteiger partial charge in [0.1, 0.15) is 11.5 Å². The third-order valence-corrected chi connectivity index (χ3v) is 5.64. The smallest absolute Gasteiger partial charge is 0.416 e. The first-order valence-electron chi connectivity index (χ1n) is 10.9. The van der Waals surface area contributed by atoms with E-state index in [1.54, 1.807) is 0 Å². The van der Waals surface area contributed by atoms with Gasteiger partial charge in [-0.05, 0) is 92.5 Å². The number of rotatable bonds is 11. The molecule has 0 amide bonds. The largest absolute Gasteiger partial charge is 0.493 e. The van der Waals surface area contributed by atoms with Gasteiger partial charge in [0, 0.05) is 12.8 Å². The van der Waals surface area contributed by atoms with Gasteiger partial charge in [-0.1, -0.05) is 6.07 Å². The number of hydrogen-bond acceptors (Lipinski definition) is 3. The van der Waals surface area contributed by atoms with Gasteiger partial charge in [-0.25, -0.2) is 0 Å². The molecule has 0 bridgehead atoms. The number of aryl methyl sites for hydroxylation is 2. The van der Waals surface area contributed by atoms with E-state index in [0.717, 1.165) is 30.0 Å². The van der Waals surface area contributed by atoms with Gasteiger partial charge in [-0.15, -0.1) is 0 Å². The number of benzene rings is 2. The monoisotopic (exact) mass is 450 g/mol. The second kappa shape index (κ2) is 10.3. The van der Waals surface area contributed by atoms with E-state index in [1.165, 1.54) is 12.1 Å². The molecule has 0 saturated heterocycles. The molecular weight excluding hydrogens is 421 g/mol. The van der Waals surface area contributed by atoms with E-state index in [4.69, 9.17) is 14.6 Å². The topological polar surface area (TPSA) is 55.8 Å². The quantitative estimate of drug-likeness (QED) is 0.442. The molecule has 3 rings (SSSR count). The Morgan fingerprint density at radius 2 is 1.91 bits per heavy atom. The molecule has 7 heteroatoms. The van der Waals surface area contributed by atoms with Gasteiger partial charge in [-0.3, -0.25) is 4.79 Å². The number of aliphatic carboxylic acids is 1. The summed E-state index contributed by atoms with van der Waals surface area (Å²) in [4.78, 5) is 10.7. The molecule has 0 unspecified atom stereocenters. The highest BCUT2D eigenvalue weighted by Crippen LogP contribution is 2.38. The third kappa shape index (κ3) is 7.18. The molecule has 1 atom stereocenters. The fourth-order valence-electron chi connectivity index (χ4n) is 3.56. The van der Waals surface area contributed by atoms with E-state index >= 15 is 0 Å². The number of carbonyl (C=O) groups is 1. The fraction of sp³-hybridized carbons (Fsp3) is 0.480. The van der Waals surface area contributed by atoms with Crippen LogP contribution in [0, 0.1) is 12.8 Å². The van der Waals surface area contributed by atoms with Crippen LogP contribution >= 0.6 is 0 Å². The molecule has 1 fully saturated rings. The molecule has 1 N–H and O–H groups in total. The number of ether oxygens (including phenoxy) is 2. The van der Waals surface area contributed by atoms with Gasteiger partial charge >= 0.3 is 12.1 Å². The van der Waals surface area contributed by atoms with Gasteiger partial charge in [-0.2, -0.15) is 13.2 Å². The Labute approximate surface area is 186 Å². The summed E-state index contributed by atoms with van der Waals surface area (Å²) in [7, 11) is 0. The van der Waals surface area contributed by atoms with Gasteiger partial charge in [0.15, 0.2) is 0 Å². The Kier molecular flexibility index (Phi) is 7.69. The molecule has 1 aliphatic rings. The molecule has 174 valence electrons. The molecule has 32 heavy (non-hydrogen) atoms. The second-order valence-corrected chi connectivity index (χ2v) is 8.52. The van der Waals surface area contributed by atoms with Crippen LogP contribution in [0.1, 0.15) is 54.9 Å². The minimum atomic E-state index is -4.36. The Morgan fingerprint density at radius 3 is 2.53 bits per heavy atom. The summed E-state index contributed by atoms with van der Waals surface area (Å²) in [5, 5.41) is 8.82. The normalized spacial score (nSPS) is 14.8. The van der Waals surface area contributed by atoms with E-state index in [-0.39, 0.29) is 12.5 Å². The maximum atomic E-state index is 13.1. The Morgan fingerprint density at radius 1 is 1.16 bits per heavy atom. The molecule has 2 aromatic carbocycles. The van der Waals surface area contributed by atoms with E-state index in [2.05, 4.69) is 0 Å². The summed E-state index contributed by atoms with van der Waals surface area (Å²) in [5.74, 6) is 0.821. The van der Waals surface area contributed by atoms with Gasteiger partial charge in [0.05, 0.1) is 18.3 Å². The summed E-state index contributed by atoms with van der Waals surface area (Å²) >= 11 is 0. The summed E-state index contributed by atoms with van der Waals surface area (Å²) in [6, 6.07) is 9.29.